The number of hydrogen-bond acceptors (Lipinski definition) is 2. The topological polar surface area (TPSA) is 32.3 Å². The Morgan fingerprint density at radius 2 is 2.05 bits per heavy atom. The van der Waals surface area contributed by atoms with E-state index in [1.54, 1.807) is 6.07 Å². The van der Waals surface area contributed by atoms with Gasteiger partial charge in [-0.05, 0) is 41.1 Å². The van der Waals surface area contributed by atoms with Gasteiger partial charge in [-0.25, -0.2) is 4.39 Å². The zero-order chi connectivity index (χ0) is 14.0. The number of phenolic OH excluding ortho intramolecular Hbond substituents is 1. The van der Waals surface area contributed by atoms with Crippen LogP contribution < -0.4 is 5.32 Å². The molecule has 2 aromatic carbocycles. The molecular formula is C14H12BrClFNO. The Balaban J connectivity index is 2.21. The van der Waals surface area contributed by atoms with Gasteiger partial charge in [-0.3, -0.25) is 0 Å². The molecule has 0 atom stereocenters. The largest absolute Gasteiger partial charge is 0.508 e. The predicted molar refractivity (Wildman–Crippen MR) is 79.3 cm³/mol. The molecule has 0 radical (unpaired) electrons. The number of aryl methyl sites for hydroxylation is 1. The smallest absolute Gasteiger partial charge is 0.125 e. The molecule has 2 nitrogen and oxygen atoms in total. The van der Waals surface area contributed by atoms with Crippen LogP contribution in [0.1, 0.15) is 11.1 Å². The minimum Gasteiger partial charge on any atom is -0.508 e. The van der Waals surface area contributed by atoms with E-state index in [-0.39, 0.29) is 5.75 Å². The summed E-state index contributed by atoms with van der Waals surface area (Å²) in [6.07, 6.45) is 0. The molecule has 0 aliphatic rings. The summed E-state index contributed by atoms with van der Waals surface area (Å²) in [7, 11) is 0. The quantitative estimate of drug-likeness (QED) is 0.833. The lowest BCUT2D eigenvalue weighted by atomic mass is 10.1. The summed E-state index contributed by atoms with van der Waals surface area (Å²) < 4.78 is 13.7. The maximum atomic E-state index is 13.1. The van der Waals surface area contributed by atoms with Crippen LogP contribution in [0.5, 0.6) is 5.75 Å². The van der Waals surface area contributed by atoms with Crippen molar-refractivity contribution in [2.24, 2.45) is 0 Å². The molecule has 0 unspecified atom stereocenters. The Morgan fingerprint density at radius 1 is 1.32 bits per heavy atom. The first-order chi connectivity index (χ1) is 8.97. The van der Waals surface area contributed by atoms with E-state index in [2.05, 4.69) is 21.2 Å². The van der Waals surface area contributed by atoms with E-state index in [0.29, 0.717) is 21.7 Å². The molecule has 0 bridgehead atoms. The lowest BCUT2D eigenvalue weighted by molar-refractivity contribution is 0.469. The molecule has 0 heterocycles. The van der Waals surface area contributed by atoms with Gasteiger partial charge in [0.05, 0.1) is 10.7 Å². The normalized spacial score (nSPS) is 10.5. The zero-order valence-electron chi connectivity index (χ0n) is 10.2. The number of hydrogen-bond donors (Lipinski definition) is 2. The van der Waals surface area contributed by atoms with Crippen molar-refractivity contribution in [1.82, 2.24) is 0 Å². The van der Waals surface area contributed by atoms with Crippen molar-refractivity contribution in [2.75, 3.05) is 5.32 Å². The molecule has 0 aliphatic heterocycles. The Labute approximate surface area is 124 Å². The number of phenols is 1. The molecular weight excluding hydrogens is 333 g/mol. The highest BCUT2D eigenvalue weighted by molar-refractivity contribution is 9.10. The van der Waals surface area contributed by atoms with Gasteiger partial charge in [-0.15, -0.1) is 0 Å². The maximum absolute atomic E-state index is 13.1. The van der Waals surface area contributed by atoms with E-state index in [1.807, 2.05) is 19.1 Å². The number of rotatable bonds is 3. The number of nitrogens with one attached hydrogen (secondary N) is 1. The van der Waals surface area contributed by atoms with Crippen molar-refractivity contribution in [3.8, 4) is 5.75 Å². The van der Waals surface area contributed by atoms with Crippen LogP contribution >= 0.6 is 27.5 Å². The summed E-state index contributed by atoms with van der Waals surface area (Å²) in [5, 5.41) is 13.1. The third kappa shape index (κ3) is 3.39. The number of aromatic hydroxyl groups is 1. The number of anilines is 1. The summed E-state index contributed by atoms with van der Waals surface area (Å²) >= 11 is 9.23. The molecule has 100 valence electrons. The first-order valence-corrected chi connectivity index (χ1v) is 6.81. The van der Waals surface area contributed by atoms with Gasteiger partial charge in [0.2, 0.25) is 0 Å². The van der Waals surface area contributed by atoms with Crippen LogP contribution in [-0.4, -0.2) is 5.11 Å². The first kappa shape index (κ1) is 14.2. The van der Waals surface area contributed by atoms with E-state index in [0.717, 1.165) is 11.1 Å². The summed E-state index contributed by atoms with van der Waals surface area (Å²) in [4.78, 5) is 0. The van der Waals surface area contributed by atoms with Crippen LogP contribution in [0.4, 0.5) is 10.1 Å². The highest BCUT2D eigenvalue weighted by Gasteiger charge is 2.09. The fourth-order valence-electron chi connectivity index (χ4n) is 1.75. The van der Waals surface area contributed by atoms with Gasteiger partial charge in [0.15, 0.2) is 0 Å². The van der Waals surface area contributed by atoms with E-state index >= 15 is 0 Å². The van der Waals surface area contributed by atoms with Crippen molar-refractivity contribution in [1.29, 1.82) is 0 Å². The maximum Gasteiger partial charge on any atom is 0.125 e. The van der Waals surface area contributed by atoms with Gasteiger partial charge in [0.25, 0.3) is 0 Å². The molecule has 0 aromatic heterocycles. The van der Waals surface area contributed by atoms with Gasteiger partial charge in [0, 0.05) is 16.6 Å². The van der Waals surface area contributed by atoms with Gasteiger partial charge >= 0.3 is 0 Å². The van der Waals surface area contributed by atoms with Crippen molar-refractivity contribution >= 4 is 33.2 Å². The second-order valence-corrected chi connectivity index (χ2v) is 5.49. The van der Waals surface area contributed by atoms with Crippen LogP contribution in [0.2, 0.25) is 5.02 Å². The fourth-order valence-corrected chi connectivity index (χ4v) is 2.71. The molecule has 0 amide bonds. The molecule has 2 N–H and O–H groups in total. The summed E-state index contributed by atoms with van der Waals surface area (Å²) in [5.74, 6) is -0.187. The van der Waals surface area contributed by atoms with Crippen LogP contribution in [0.3, 0.4) is 0 Å². The average Bonchev–Trinajstić information content (AvgIpc) is 2.32. The molecule has 5 heteroatoms. The van der Waals surface area contributed by atoms with Crippen molar-refractivity contribution < 1.29 is 9.50 Å². The molecule has 0 aliphatic carbocycles. The van der Waals surface area contributed by atoms with E-state index in [9.17, 15) is 9.50 Å². The van der Waals surface area contributed by atoms with Gasteiger partial charge in [-0.2, -0.15) is 0 Å². The summed E-state index contributed by atoms with van der Waals surface area (Å²) in [6.45, 7) is 2.35. The van der Waals surface area contributed by atoms with E-state index in [1.165, 1.54) is 12.1 Å². The highest BCUT2D eigenvalue weighted by Crippen LogP contribution is 2.32. The second-order valence-electron chi connectivity index (χ2n) is 4.23. The van der Waals surface area contributed by atoms with Crippen LogP contribution in [0.15, 0.2) is 34.8 Å². The molecule has 0 fully saturated rings. The minimum absolute atomic E-state index is 0.215. The van der Waals surface area contributed by atoms with Crippen LogP contribution in [0, 0.1) is 12.7 Å². The SMILES string of the molecule is Cc1ccc(O)c(CNc2c(Cl)cc(F)cc2Br)c1. The lowest BCUT2D eigenvalue weighted by Gasteiger charge is -2.12. The van der Waals surface area contributed by atoms with Gasteiger partial charge in [-0.1, -0.05) is 29.3 Å². The molecule has 19 heavy (non-hydrogen) atoms. The minimum atomic E-state index is -0.402. The monoisotopic (exact) mass is 343 g/mol. The lowest BCUT2D eigenvalue weighted by Crippen LogP contribution is -2.02. The van der Waals surface area contributed by atoms with Crippen LogP contribution in [-0.2, 0) is 6.54 Å². The Morgan fingerprint density at radius 3 is 2.74 bits per heavy atom. The van der Waals surface area contributed by atoms with Gasteiger partial charge < -0.3 is 10.4 Å². The Hall–Kier alpha value is -1.26. The van der Waals surface area contributed by atoms with E-state index < -0.39 is 5.82 Å². The van der Waals surface area contributed by atoms with Crippen molar-refractivity contribution in [3.05, 3.63) is 56.8 Å². The Bertz CT molecular complexity index is 595. The van der Waals surface area contributed by atoms with Crippen molar-refractivity contribution in [3.63, 3.8) is 0 Å². The first-order valence-electron chi connectivity index (χ1n) is 5.64. The molecule has 2 rings (SSSR count). The summed E-state index contributed by atoms with van der Waals surface area (Å²) in [6, 6.07) is 7.94. The number of halogens is 3. The zero-order valence-corrected chi connectivity index (χ0v) is 12.5. The van der Waals surface area contributed by atoms with Gasteiger partial charge in [0.1, 0.15) is 11.6 Å². The standard InChI is InChI=1S/C14H12BrClFNO/c1-8-2-3-13(19)9(4-8)7-18-14-11(15)5-10(17)6-12(14)16/h2-6,18-19H,7H2,1H3. The third-order valence-corrected chi connectivity index (χ3v) is 3.62. The van der Waals surface area contributed by atoms with Crippen LogP contribution in [0.25, 0.3) is 0 Å². The average molecular weight is 345 g/mol. The summed E-state index contributed by atoms with van der Waals surface area (Å²) in [5.41, 5.74) is 2.41. The highest BCUT2D eigenvalue weighted by atomic mass is 79.9. The Kier molecular flexibility index (Phi) is 4.32. The third-order valence-electron chi connectivity index (χ3n) is 2.70. The van der Waals surface area contributed by atoms with E-state index in [4.69, 9.17) is 11.6 Å². The van der Waals surface area contributed by atoms with Crippen molar-refractivity contribution in [2.45, 2.75) is 13.5 Å². The predicted octanol–water partition coefficient (Wildman–Crippen LogP) is 4.87. The number of benzene rings is 2. The molecule has 0 saturated carbocycles. The second kappa shape index (κ2) is 5.80. The molecule has 0 saturated heterocycles. The molecule has 2 aromatic rings. The molecule has 0 spiro atoms. The fraction of sp³-hybridized carbons (Fsp3) is 0.143.